The molecule has 0 unspecified atom stereocenters. The van der Waals surface area contributed by atoms with E-state index in [9.17, 15) is 4.79 Å². The first-order valence-corrected chi connectivity index (χ1v) is 6.81. The zero-order chi connectivity index (χ0) is 14.3. The van der Waals surface area contributed by atoms with E-state index in [1.54, 1.807) is 18.2 Å². The highest BCUT2D eigenvalue weighted by atomic mass is 35.5. The van der Waals surface area contributed by atoms with Crippen LogP contribution in [0.3, 0.4) is 0 Å². The van der Waals surface area contributed by atoms with Crippen LogP contribution in [-0.2, 0) is 0 Å². The van der Waals surface area contributed by atoms with Crippen LogP contribution >= 0.6 is 24.0 Å². The van der Waals surface area contributed by atoms with E-state index in [0.717, 1.165) is 13.0 Å². The predicted molar refractivity (Wildman–Crippen MR) is 85.3 cm³/mol. The van der Waals surface area contributed by atoms with E-state index in [0.29, 0.717) is 22.9 Å². The molecule has 2 N–H and O–H groups in total. The van der Waals surface area contributed by atoms with Crippen molar-refractivity contribution >= 4 is 29.9 Å². The van der Waals surface area contributed by atoms with Crippen LogP contribution in [0.2, 0.25) is 5.02 Å². The first-order chi connectivity index (χ1) is 9.04. The van der Waals surface area contributed by atoms with Crippen LogP contribution < -0.4 is 15.4 Å². The third kappa shape index (κ3) is 6.46. The van der Waals surface area contributed by atoms with Crippen molar-refractivity contribution in [2.24, 2.45) is 0 Å². The lowest BCUT2D eigenvalue weighted by Gasteiger charge is -2.14. The maximum absolute atomic E-state index is 12.1. The van der Waals surface area contributed by atoms with Gasteiger partial charge in [0, 0.05) is 11.6 Å². The fourth-order valence-electron chi connectivity index (χ4n) is 1.60. The number of ether oxygens (including phenoxy) is 1. The van der Waals surface area contributed by atoms with E-state index in [-0.39, 0.29) is 24.4 Å². The van der Waals surface area contributed by atoms with Crippen molar-refractivity contribution in [3.63, 3.8) is 0 Å². The number of carbonyl (C=O) groups is 1. The summed E-state index contributed by atoms with van der Waals surface area (Å²) in [7, 11) is 1.88. The molecule has 0 aliphatic heterocycles. The Hall–Kier alpha value is -0.970. The maximum Gasteiger partial charge on any atom is 0.255 e. The Morgan fingerprint density at radius 2 is 2.05 bits per heavy atom. The molecule has 0 aromatic heterocycles. The average molecular weight is 321 g/mol. The average Bonchev–Trinajstić information content (AvgIpc) is 2.36. The van der Waals surface area contributed by atoms with Crippen LogP contribution in [0.15, 0.2) is 18.2 Å². The molecule has 6 heteroatoms. The second-order valence-corrected chi connectivity index (χ2v) is 4.96. The van der Waals surface area contributed by atoms with E-state index in [4.69, 9.17) is 16.3 Å². The molecule has 20 heavy (non-hydrogen) atoms. The fourth-order valence-corrected chi connectivity index (χ4v) is 1.77. The first-order valence-electron chi connectivity index (χ1n) is 6.43. The number of hydrogen-bond donors (Lipinski definition) is 2. The van der Waals surface area contributed by atoms with Crippen molar-refractivity contribution in [2.45, 2.75) is 26.4 Å². The molecule has 0 fully saturated rings. The molecule has 0 heterocycles. The lowest BCUT2D eigenvalue weighted by molar-refractivity contribution is 0.0947. The van der Waals surface area contributed by atoms with Crippen molar-refractivity contribution in [1.29, 1.82) is 0 Å². The van der Waals surface area contributed by atoms with Crippen LogP contribution in [0.4, 0.5) is 0 Å². The molecule has 0 radical (unpaired) electrons. The largest absolute Gasteiger partial charge is 0.490 e. The van der Waals surface area contributed by atoms with E-state index in [1.807, 2.05) is 20.9 Å². The summed E-state index contributed by atoms with van der Waals surface area (Å²) >= 11 is 5.94. The second kappa shape index (κ2) is 9.86. The summed E-state index contributed by atoms with van der Waals surface area (Å²) in [6.07, 6.45) is 0.889. The summed E-state index contributed by atoms with van der Waals surface area (Å²) in [4.78, 5) is 12.1. The molecule has 0 atom stereocenters. The van der Waals surface area contributed by atoms with E-state index in [2.05, 4.69) is 10.6 Å². The SMILES string of the molecule is CNCCCNC(=O)c1cc(Cl)ccc1OC(C)C.Cl. The number of benzene rings is 1. The van der Waals surface area contributed by atoms with Gasteiger partial charge in [0.15, 0.2) is 0 Å². The molecule has 4 nitrogen and oxygen atoms in total. The molecule has 0 aliphatic carbocycles. The highest BCUT2D eigenvalue weighted by Crippen LogP contribution is 2.23. The third-order valence-electron chi connectivity index (χ3n) is 2.44. The van der Waals surface area contributed by atoms with Crippen LogP contribution in [0, 0.1) is 0 Å². The van der Waals surface area contributed by atoms with E-state index >= 15 is 0 Å². The van der Waals surface area contributed by atoms with Gasteiger partial charge < -0.3 is 15.4 Å². The van der Waals surface area contributed by atoms with Gasteiger partial charge in [-0.25, -0.2) is 0 Å². The quantitative estimate of drug-likeness (QED) is 0.759. The second-order valence-electron chi connectivity index (χ2n) is 4.52. The number of hydrogen-bond acceptors (Lipinski definition) is 3. The van der Waals surface area contributed by atoms with E-state index in [1.165, 1.54) is 0 Å². The Bertz CT molecular complexity index is 426. The molecule has 0 aliphatic rings. The summed E-state index contributed by atoms with van der Waals surface area (Å²) in [5, 5.41) is 6.41. The molecule has 0 bridgehead atoms. The Morgan fingerprint density at radius 1 is 1.35 bits per heavy atom. The Morgan fingerprint density at radius 3 is 2.65 bits per heavy atom. The van der Waals surface area contributed by atoms with Crippen molar-refractivity contribution in [3.8, 4) is 5.75 Å². The minimum atomic E-state index is -0.158. The van der Waals surface area contributed by atoms with Gasteiger partial charge in [-0.2, -0.15) is 0 Å². The summed E-state index contributed by atoms with van der Waals surface area (Å²) in [6, 6.07) is 5.08. The van der Waals surface area contributed by atoms with E-state index < -0.39 is 0 Å². The molecule has 0 saturated carbocycles. The molecule has 1 aromatic rings. The molecule has 114 valence electrons. The fraction of sp³-hybridized carbons (Fsp3) is 0.500. The standard InChI is InChI=1S/C14H21ClN2O2.ClH/c1-10(2)19-13-6-5-11(15)9-12(13)14(18)17-8-4-7-16-3;/h5-6,9-10,16H,4,7-8H2,1-3H3,(H,17,18);1H. The monoisotopic (exact) mass is 320 g/mol. The van der Waals surface area contributed by atoms with Crippen LogP contribution in [0.1, 0.15) is 30.6 Å². The zero-order valence-corrected chi connectivity index (χ0v) is 13.6. The third-order valence-corrected chi connectivity index (χ3v) is 2.67. The highest BCUT2D eigenvalue weighted by molar-refractivity contribution is 6.31. The summed E-state index contributed by atoms with van der Waals surface area (Å²) < 4.78 is 5.62. The van der Waals surface area contributed by atoms with Gasteiger partial charge >= 0.3 is 0 Å². The molecular formula is C14H22Cl2N2O2. The Labute approximate surface area is 131 Å². The lowest BCUT2D eigenvalue weighted by atomic mass is 10.2. The minimum absolute atomic E-state index is 0. The highest BCUT2D eigenvalue weighted by Gasteiger charge is 2.13. The maximum atomic E-state index is 12.1. The van der Waals surface area contributed by atoms with Crippen LogP contribution in [0.5, 0.6) is 5.75 Å². The lowest BCUT2D eigenvalue weighted by Crippen LogP contribution is -2.27. The van der Waals surface area contributed by atoms with Gasteiger partial charge in [-0.15, -0.1) is 12.4 Å². The minimum Gasteiger partial charge on any atom is -0.490 e. The summed E-state index contributed by atoms with van der Waals surface area (Å²) in [5.74, 6) is 0.403. The molecule has 1 rings (SSSR count). The Kier molecular flexibility index (Phi) is 9.38. The Balaban J connectivity index is 0.00000361. The predicted octanol–water partition coefficient (Wildman–Crippen LogP) is 2.89. The molecule has 0 spiro atoms. The normalized spacial score (nSPS) is 10.1. The van der Waals surface area contributed by atoms with Crippen molar-refractivity contribution < 1.29 is 9.53 Å². The summed E-state index contributed by atoms with van der Waals surface area (Å²) in [5.41, 5.74) is 0.477. The van der Waals surface area contributed by atoms with Gasteiger partial charge in [-0.05, 0) is 52.1 Å². The summed E-state index contributed by atoms with van der Waals surface area (Å²) in [6.45, 7) is 5.32. The van der Waals surface area contributed by atoms with Gasteiger partial charge in [0.1, 0.15) is 5.75 Å². The number of rotatable bonds is 7. The molecular weight excluding hydrogens is 299 g/mol. The van der Waals surface area contributed by atoms with Gasteiger partial charge in [-0.1, -0.05) is 11.6 Å². The van der Waals surface area contributed by atoms with Gasteiger partial charge in [0.05, 0.1) is 11.7 Å². The van der Waals surface area contributed by atoms with Crippen LogP contribution in [-0.4, -0.2) is 32.1 Å². The van der Waals surface area contributed by atoms with Crippen molar-refractivity contribution in [3.05, 3.63) is 28.8 Å². The zero-order valence-electron chi connectivity index (χ0n) is 12.0. The topological polar surface area (TPSA) is 50.4 Å². The van der Waals surface area contributed by atoms with Gasteiger partial charge in [0.25, 0.3) is 5.91 Å². The number of nitrogens with one attached hydrogen (secondary N) is 2. The number of carbonyl (C=O) groups excluding carboxylic acids is 1. The first kappa shape index (κ1) is 19.0. The van der Waals surface area contributed by atoms with Crippen molar-refractivity contribution in [1.82, 2.24) is 10.6 Å². The molecule has 1 amide bonds. The van der Waals surface area contributed by atoms with Crippen molar-refractivity contribution in [2.75, 3.05) is 20.1 Å². The smallest absolute Gasteiger partial charge is 0.255 e. The number of amides is 1. The number of halogens is 2. The molecule has 1 aromatic carbocycles. The van der Waals surface area contributed by atoms with Gasteiger partial charge in [-0.3, -0.25) is 4.79 Å². The molecule has 0 saturated heterocycles. The van der Waals surface area contributed by atoms with Gasteiger partial charge in [0.2, 0.25) is 0 Å². The van der Waals surface area contributed by atoms with Crippen LogP contribution in [0.25, 0.3) is 0 Å².